The van der Waals surface area contributed by atoms with Gasteiger partial charge in [-0.2, -0.15) is 0 Å². The van der Waals surface area contributed by atoms with Crippen LogP contribution in [0, 0.1) is 5.41 Å². The lowest BCUT2D eigenvalue weighted by Crippen LogP contribution is -2.43. The summed E-state index contributed by atoms with van der Waals surface area (Å²) in [6.45, 7) is 0.384. The second kappa shape index (κ2) is 7.12. The highest BCUT2D eigenvalue weighted by Crippen LogP contribution is 2.45. The van der Waals surface area contributed by atoms with Crippen molar-refractivity contribution in [2.75, 3.05) is 11.6 Å². The highest BCUT2D eigenvalue weighted by atomic mass is 32.2. The van der Waals surface area contributed by atoms with Crippen molar-refractivity contribution in [3.63, 3.8) is 0 Å². The molecule has 0 atom stereocenters. The first-order valence-electron chi connectivity index (χ1n) is 9.66. The van der Waals surface area contributed by atoms with Crippen LogP contribution in [0.2, 0.25) is 0 Å². The second-order valence-electron chi connectivity index (χ2n) is 7.84. The second-order valence-corrected chi connectivity index (χ2v) is 9.83. The number of fused-ring (bicyclic) bond motifs is 1. The molecule has 2 aliphatic rings. The molecule has 1 saturated carbocycles. The van der Waals surface area contributed by atoms with Crippen molar-refractivity contribution < 1.29 is 8.42 Å². The van der Waals surface area contributed by atoms with Crippen LogP contribution in [-0.2, 0) is 22.8 Å². The molecular formula is C22H26N2O2S. The molecule has 2 aromatic rings. The van der Waals surface area contributed by atoms with Crippen LogP contribution < -0.4 is 5.32 Å². The zero-order valence-electron chi connectivity index (χ0n) is 15.7. The Balaban J connectivity index is 1.71. The first-order valence-corrected chi connectivity index (χ1v) is 11.5. The maximum absolute atomic E-state index is 12.1. The fraction of sp³-hybridized carbons (Fsp3) is 0.409. The van der Waals surface area contributed by atoms with E-state index in [-0.39, 0.29) is 5.41 Å². The lowest BCUT2D eigenvalue weighted by atomic mass is 9.67. The van der Waals surface area contributed by atoms with Gasteiger partial charge in [-0.25, -0.2) is 8.42 Å². The topological polar surface area (TPSA) is 58.5 Å². The zero-order valence-corrected chi connectivity index (χ0v) is 16.6. The van der Waals surface area contributed by atoms with Gasteiger partial charge in [0.25, 0.3) is 0 Å². The van der Waals surface area contributed by atoms with Gasteiger partial charge in [0.05, 0.1) is 11.4 Å². The van der Waals surface area contributed by atoms with E-state index in [0.717, 1.165) is 36.3 Å². The van der Waals surface area contributed by atoms with Gasteiger partial charge in [-0.15, -0.1) is 0 Å². The Morgan fingerprint density at radius 1 is 1.00 bits per heavy atom. The minimum Gasteiger partial charge on any atom is -0.343 e. The van der Waals surface area contributed by atoms with Crippen LogP contribution in [0.3, 0.4) is 0 Å². The van der Waals surface area contributed by atoms with Crippen molar-refractivity contribution >= 4 is 21.4 Å². The molecule has 5 heteroatoms. The van der Waals surface area contributed by atoms with Gasteiger partial charge >= 0.3 is 0 Å². The van der Waals surface area contributed by atoms with Crippen molar-refractivity contribution in [3.05, 3.63) is 59.7 Å². The fourth-order valence-electron chi connectivity index (χ4n) is 4.51. The third kappa shape index (κ3) is 3.65. The molecule has 27 heavy (non-hydrogen) atoms. The number of aliphatic imine (C=N–C) groups is 1. The first kappa shape index (κ1) is 18.2. The number of anilines is 1. The number of nitrogens with zero attached hydrogens (tertiary/aromatic N) is 1. The third-order valence-electron chi connectivity index (χ3n) is 5.89. The summed E-state index contributed by atoms with van der Waals surface area (Å²) in [5.74, 6) is 1.03. The van der Waals surface area contributed by atoms with Crippen LogP contribution in [0.25, 0.3) is 0 Å². The number of sulfone groups is 1. The Hall–Kier alpha value is -2.14. The number of nitrogens with one attached hydrogen (secondary N) is 1. The molecule has 0 unspecified atom stereocenters. The van der Waals surface area contributed by atoms with Crippen LogP contribution >= 0.6 is 0 Å². The van der Waals surface area contributed by atoms with E-state index in [1.54, 1.807) is 12.1 Å². The summed E-state index contributed by atoms with van der Waals surface area (Å²) in [6.07, 6.45) is 8.29. The number of amidine groups is 1. The molecule has 1 heterocycles. The summed E-state index contributed by atoms with van der Waals surface area (Å²) in [4.78, 5) is 5.32. The van der Waals surface area contributed by atoms with E-state index in [1.165, 1.54) is 31.1 Å². The zero-order chi connectivity index (χ0) is 18.9. The normalized spacial score (nSPS) is 20.3. The van der Waals surface area contributed by atoms with E-state index < -0.39 is 9.84 Å². The fourth-order valence-corrected chi connectivity index (χ4v) is 5.45. The number of rotatable bonds is 3. The summed E-state index contributed by atoms with van der Waals surface area (Å²) < 4.78 is 24.2. The van der Waals surface area contributed by atoms with Crippen molar-refractivity contribution in [1.29, 1.82) is 0 Å². The highest BCUT2D eigenvalue weighted by molar-refractivity contribution is 7.90. The van der Waals surface area contributed by atoms with Gasteiger partial charge in [-0.1, -0.05) is 55.7 Å². The average Bonchev–Trinajstić information content (AvgIpc) is 2.66. The SMILES string of the molecule is CS(=O)(=O)c1ccccc1CN=C1Nc2ccccc2CC12CCCCC2. The molecule has 0 bridgehead atoms. The Bertz CT molecular complexity index is 973. The van der Waals surface area contributed by atoms with Gasteiger partial charge in [-0.05, 0) is 42.5 Å². The summed E-state index contributed by atoms with van der Waals surface area (Å²) in [7, 11) is -3.26. The molecule has 0 saturated heterocycles. The van der Waals surface area contributed by atoms with Gasteiger partial charge in [0.2, 0.25) is 0 Å². The first-order chi connectivity index (χ1) is 13.0. The Morgan fingerprint density at radius 3 is 2.48 bits per heavy atom. The molecule has 1 spiro atoms. The average molecular weight is 383 g/mol. The minimum atomic E-state index is -3.26. The molecule has 2 aromatic carbocycles. The van der Waals surface area contributed by atoms with Crippen LogP contribution in [0.15, 0.2) is 58.4 Å². The number of hydrogen-bond donors (Lipinski definition) is 1. The molecule has 0 radical (unpaired) electrons. The standard InChI is InChI=1S/C22H26N2O2S/c1-27(25,26)20-12-6-4-10-18(20)16-23-21-22(13-7-2-8-14-22)15-17-9-3-5-11-19(17)24-21/h3-6,9-12H,2,7-8,13-16H2,1H3,(H,23,24). The lowest BCUT2D eigenvalue weighted by molar-refractivity contribution is 0.278. The van der Waals surface area contributed by atoms with Gasteiger partial charge < -0.3 is 5.32 Å². The van der Waals surface area contributed by atoms with E-state index in [0.29, 0.717) is 11.4 Å². The predicted octanol–water partition coefficient (Wildman–Crippen LogP) is 4.61. The van der Waals surface area contributed by atoms with Gasteiger partial charge in [-0.3, -0.25) is 4.99 Å². The molecule has 1 aliphatic carbocycles. The van der Waals surface area contributed by atoms with Crippen molar-refractivity contribution in [1.82, 2.24) is 0 Å². The van der Waals surface area contributed by atoms with Crippen molar-refractivity contribution in [3.8, 4) is 0 Å². The summed E-state index contributed by atoms with van der Waals surface area (Å²) in [6, 6.07) is 15.6. The summed E-state index contributed by atoms with van der Waals surface area (Å²) in [5, 5.41) is 3.59. The Labute approximate surface area is 161 Å². The van der Waals surface area contributed by atoms with Crippen LogP contribution in [0.4, 0.5) is 5.69 Å². The molecule has 1 N–H and O–H groups in total. The van der Waals surface area contributed by atoms with E-state index >= 15 is 0 Å². The van der Waals surface area contributed by atoms with Crippen molar-refractivity contribution in [2.45, 2.75) is 50.0 Å². The van der Waals surface area contributed by atoms with E-state index in [4.69, 9.17) is 4.99 Å². The van der Waals surface area contributed by atoms with Crippen LogP contribution in [0.1, 0.15) is 43.2 Å². The molecule has 1 fully saturated rings. The maximum Gasteiger partial charge on any atom is 0.175 e. The molecule has 1 aliphatic heterocycles. The molecular weight excluding hydrogens is 356 g/mol. The summed E-state index contributed by atoms with van der Waals surface area (Å²) in [5.41, 5.74) is 3.31. The van der Waals surface area contributed by atoms with Gasteiger partial charge in [0.1, 0.15) is 5.84 Å². The number of para-hydroxylation sites is 1. The molecule has 4 rings (SSSR count). The molecule has 0 amide bonds. The predicted molar refractivity (Wildman–Crippen MR) is 110 cm³/mol. The monoisotopic (exact) mass is 382 g/mol. The summed E-state index contributed by atoms with van der Waals surface area (Å²) >= 11 is 0. The van der Waals surface area contributed by atoms with Crippen molar-refractivity contribution in [2.24, 2.45) is 10.4 Å². The van der Waals surface area contributed by atoms with E-state index in [2.05, 4.69) is 23.5 Å². The highest BCUT2D eigenvalue weighted by Gasteiger charge is 2.40. The van der Waals surface area contributed by atoms with Gasteiger partial charge in [0.15, 0.2) is 9.84 Å². The van der Waals surface area contributed by atoms with Crippen LogP contribution in [-0.4, -0.2) is 20.5 Å². The smallest absolute Gasteiger partial charge is 0.175 e. The molecule has 0 aromatic heterocycles. The molecule has 142 valence electrons. The Morgan fingerprint density at radius 2 is 1.70 bits per heavy atom. The Kier molecular flexibility index (Phi) is 4.81. The van der Waals surface area contributed by atoms with Gasteiger partial charge in [0, 0.05) is 17.4 Å². The van der Waals surface area contributed by atoms with E-state index in [9.17, 15) is 8.42 Å². The number of hydrogen-bond acceptors (Lipinski definition) is 3. The molecule has 4 nitrogen and oxygen atoms in total. The maximum atomic E-state index is 12.1. The minimum absolute atomic E-state index is 0.0621. The quantitative estimate of drug-likeness (QED) is 0.843. The largest absolute Gasteiger partial charge is 0.343 e. The number of benzene rings is 2. The van der Waals surface area contributed by atoms with E-state index in [1.807, 2.05) is 18.2 Å². The lowest BCUT2D eigenvalue weighted by Gasteiger charge is -2.42. The third-order valence-corrected chi connectivity index (χ3v) is 7.09. The van der Waals surface area contributed by atoms with Crippen LogP contribution in [0.5, 0.6) is 0 Å².